The summed E-state index contributed by atoms with van der Waals surface area (Å²) in [4.78, 5) is 2.63. The highest BCUT2D eigenvalue weighted by atomic mass is 16.5. The lowest BCUT2D eigenvalue weighted by Crippen LogP contribution is -2.55. The Bertz CT molecular complexity index is 223. The lowest BCUT2D eigenvalue weighted by molar-refractivity contribution is 0.0160. The molecule has 1 fully saturated rings. The highest BCUT2D eigenvalue weighted by Crippen LogP contribution is 2.32. The van der Waals surface area contributed by atoms with Crippen molar-refractivity contribution in [3.63, 3.8) is 0 Å². The fourth-order valence-electron chi connectivity index (χ4n) is 3.29. The molecule has 0 unspecified atom stereocenters. The lowest BCUT2D eigenvalue weighted by atomic mass is 9.88. The van der Waals surface area contributed by atoms with Crippen LogP contribution in [0.5, 0.6) is 0 Å². The third-order valence-corrected chi connectivity index (χ3v) is 4.39. The topological polar surface area (TPSA) is 38.5 Å². The van der Waals surface area contributed by atoms with Gasteiger partial charge >= 0.3 is 0 Å². The van der Waals surface area contributed by atoms with Gasteiger partial charge in [-0.1, -0.05) is 32.6 Å². The Labute approximate surface area is 119 Å². The van der Waals surface area contributed by atoms with Crippen LogP contribution in [0.4, 0.5) is 0 Å². The van der Waals surface area contributed by atoms with Gasteiger partial charge in [-0.3, -0.25) is 4.90 Å². The molecule has 0 radical (unpaired) electrons. The van der Waals surface area contributed by atoms with Crippen LogP contribution >= 0.6 is 0 Å². The van der Waals surface area contributed by atoms with Crippen molar-refractivity contribution < 1.29 is 4.74 Å². The van der Waals surface area contributed by atoms with Gasteiger partial charge in [0.15, 0.2) is 0 Å². The van der Waals surface area contributed by atoms with Gasteiger partial charge in [0, 0.05) is 18.6 Å². The van der Waals surface area contributed by atoms with Crippen molar-refractivity contribution in [2.75, 3.05) is 26.2 Å². The average Bonchev–Trinajstić information content (AvgIpc) is 2.63. The van der Waals surface area contributed by atoms with Crippen LogP contribution in [0.1, 0.15) is 65.7 Å². The van der Waals surface area contributed by atoms with Crippen LogP contribution in [0, 0.1) is 0 Å². The van der Waals surface area contributed by atoms with Gasteiger partial charge in [0.05, 0.1) is 12.7 Å². The average molecular weight is 270 g/mol. The lowest BCUT2D eigenvalue weighted by Gasteiger charge is -2.43. The van der Waals surface area contributed by atoms with Gasteiger partial charge in [0.2, 0.25) is 0 Å². The molecule has 1 saturated carbocycles. The molecule has 0 amide bonds. The van der Waals surface area contributed by atoms with E-state index in [1.165, 1.54) is 44.9 Å². The van der Waals surface area contributed by atoms with E-state index >= 15 is 0 Å². The zero-order valence-corrected chi connectivity index (χ0v) is 13.3. The number of hydrogen-bond donors (Lipinski definition) is 1. The normalized spacial score (nSPS) is 19.9. The largest absolute Gasteiger partial charge is 0.377 e. The predicted molar refractivity (Wildman–Crippen MR) is 82.4 cm³/mol. The quantitative estimate of drug-likeness (QED) is 0.689. The first kappa shape index (κ1) is 16.9. The molecule has 0 aliphatic heterocycles. The Morgan fingerprint density at radius 2 is 1.74 bits per heavy atom. The molecule has 1 rings (SSSR count). The van der Waals surface area contributed by atoms with Gasteiger partial charge in [0.1, 0.15) is 0 Å². The molecule has 1 aliphatic carbocycles. The number of nitrogens with two attached hydrogens (primary N) is 1. The summed E-state index contributed by atoms with van der Waals surface area (Å²) in [7, 11) is 0. The number of nitrogens with zero attached hydrogens (tertiary/aromatic N) is 1. The maximum atomic E-state index is 6.19. The SMILES string of the molecule is CCCN(CCOC(C)C)C1(CN)CCCCCC1. The van der Waals surface area contributed by atoms with Gasteiger partial charge in [-0.25, -0.2) is 0 Å². The number of rotatable bonds is 8. The van der Waals surface area contributed by atoms with Gasteiger partial charge in [-0.2, -0.15) is 0 Å². The number of ether oxygens (including phenoxy) is 1. The maximum Gasteiger partial charge on any atom is 0.0597 e. The first-order valence-corrected chi connectivity index (χ1v) is 8.21. The summed E-state index contributed by atoms with van der Waals surface area (Å²) in [5, 5.41) is 0. The van der Waals surface area contributed by atoms with Crippen LogP contribution in [0.3, 0.4) is 0 Å². The molecule has 0 aromatic carbocycles. The minimum atomic E-state index is 0.243. The van der Waals surface area contributed by atoms with E-state index in [2.05, 4.69) is 25.7 Å². The maximum absolute atomic E-state index is 6.19. The molecule has 0 heterocycles. The highest BCUT2D eigenvalue weighted by Gasteiger charge is 2.35. The van der Waals surface area contributed by atoms with Crippen LogP contribution in [0.25, 0.3) is 0 Å². The summed E-state index contributed by atoms with van der Waals surface area (Å²) in [6.45, 7) is 10.3. The van der Waals surface area contributed by atoms with Crippen molar-refractivity contribution in [2.45, 2.75) is 77.4 Å². The monoisotopic (exact) mass is 270 g/mol. The zero-order chi connectivity index (χ0) is 14.1. The third-order valence-electron chi connectivity index (χ3n) is 4.39. The smallest absolute Gasteiger partial charge is 0.0597 e. The fourth-order valence-corrected chi connectivity index (χ4v) is 3.29. The van der Waals surface area contributed by atoms with E-state index in [1.54, 1.807) is 0 Å². The molecule has 3 nitrogen and oxygen atoms in total. The van der Waals surface area contributed by atoms with Crippen LogP contribution in [0.2, 0.25) is 0 Å². The van der Waals surface area contributed by atoms with E-state index in [9.17, 15) is 0 Å². The third kappa shape index (κ3) is 5.41. The first-order chi connectivity index (χ1) is 9.14. The second-order valence-corrected chi connectivity index (χ2v) is 6.25. The Morgan fingerprint density at radius 3 is 2.21 bits per heavy atom. The van der Waals surface area contributed by atoms with E-state index in [-0.39, 0.29) is 5.54 Å². The summed E-state index contributed by atoms with van der Waals surface area (Å²) >= 11 is 0. The molecule has 0 bridgehead atoms. The van der Waals surface area contributed by atoms with Crippen molar-refractivity contribution in [2.24, 2.45) is 5.73 Å². The van der Waals surface area contributed by atoms with Crippen LogP contribution < -0.4 is 5.73 Å². The Morgan fingerprint density at radius 1 is 1.11 bits per heavy atom. The molecule has 3 heteroatoms. The molecular weight excluding hydrogens is 236 g/mol. The van der Waals surface area contributed by atoms with Gasteiger partial charge < -0.3 is 10.5 Å². The van der Waals surface area contributed by atoms with Crippen molar-refractivity contribution in [3.8, 4) is 0 Å². The molecule has 114 valence electrons. The molecule has 0 spiro atoms. The molecule has 0 aromatic rings. The summed E-state index contributed by atoms with van der Waals surface area (Å²) in [5.74, 6) is 0. The standard InChI is InChI=1S/C16H34N2O/c1-4-11-18(12-13-19-15(2)3)16(14-17)9-7-5-6-8-10-16/h15H,4-14,17H2,1-3H3. The molecule has 0 atom stereocenters. The number of hydrogen-bond acceptors (Lipinski definition) is 3. The summed E-state index contributed by atoms with van der Waals surface area (Å²) in [5.41, 5.74) is 6.43. The molecule has 2 N–H and O–H groups in total. The van der Waals surface area contributed by atoms with E-state index in [1.807, 2.05) is 0 Å². The minimum absolute atomic E-state index is 0.243. The second-order valence-electron chi connectivity index (χ2n) is 6.25. The van der Waals surface area contributed by atoms with E-state index in [0.29, 0.717) is 6.10 Å². The van der Waals surface area contributed by atoms with Crippen LogP contribution in [-0.2, 0) is 4.74 Å². The Balaban J connectivity index is 2.63. The fraction of sp³-hybridized carbons (Fsp3) is 1.00. The van der Waals surface area contributed by atoms with E-state index in [4.69, 9.17) is 10.5 Å². The molecular formula is C16H34N2O. The summed E-state index contributed by atoms with van der Waals surface area (Å²) in [6, 6.07) is 0. The van der Waals surface area contributed by atoms with Crippen LogP contribution in [0.15, 0.2) is 0 Å². The van der Waals surface area contributed by atoms with Crippen molar-refractivity contribution in [1.29, 1.82) is 0 Å². The van der Waals surface area contributed by atoms with Gasteiger partial charge in [-0.05, 0) is 39.7 Å². The molecule has 0 aromatic heterocycles. The highest BCUT2D eigenvalue weighted by molar-refractivity contribution is 4.93. The summed E-state index contributed by atoms with van der Waals surface area (Å²) < 4.78 is 5.75. The Kier molecular flexibility index (Phi) is 7.96. The zero-order valence-electron chi connectivity index (χ0n) is 13.3. The minimum Gasteiger partial charge on any atom is -0.377 e. The van der Waals surface area contributed by atoms with Crippen LogP contribution in [-0.4, -0.2) is 42.8 Å². The van der Waals surface area contributed by atoms with Gasteiger partial charge in [0.25, 0.3) is 0 Å². The van der Waals surface area contributed by atoms with Crippen molar-refractivity contribution >= 4 is 0 Å². The summed E-state index contributed by atoms with van der Waals surface area (Å²) in [6.07, 6.45) is 9.49. The molecule has 0 saturated heterocycles. The first-order valence-electron chi connectivity index (χ1n) is 8.21. The van der Waals surface area contributed by atoms with E-state index in [0.717, 1.165) is 26.2 Å². The van der Waals surface area contributed by atoms with Crippen molar-refractivity contribution in [3.05, 3.63) is 0 Å². The predicted octanol–water partition coefficient (Wildman–Crippen LogP) is 3.18. The molecule has 1 aliphatic rings. The second kappa shape index (κ2) is 8.93. The molecule has 19 heavy (non-hydrogen) atoms. The van der Waals surface area contributed by atoms with Crippen molar-refractivity contribution in [1.82, 2.24) is 4.90 Å². The van der Waals surface area contributed by atoms with E-state index < -0.39 is 0 Å². The van der Waals surface area contributed by atoms with Gasteiger partial charge in [-0.15, -0.1) is 0 Å². The Hall–Kier alpha value is -0.120.